The van der Waals surface area contributed by atoms with Gasteiger partial charge in [-0.25, -0.2) is 0 Å². The molecule has 0 saturated carbocycles. The minimum absolute atomic E-state index is 0.474. The third-order valence-electron chi connectivity index (χ3n) is 2.73. The fourth-order valence-corrected chi connectivity index (χ4v) is 2.33. The van der Waals surface area contributed by atoms with Crippen LogP contribution >= 0.6 is 15.9 Å². The normalized spacial score (nSPS) is 10.5. The van der Waals surface area contributed by atoms with Gasteiger partial charge in [0.2, 0.25) is 0 Å². The Labute approximate surface area is 122 Å². The zero-order chi connectivity index (χ0) is 13.7. The zero-order valence-corrected chi connectivity index (χ0v) is 12.7. The van der Waals surface area contributed by atoms with Gasteiger partial charge in [-0.15, -0.1) is 0 Å². The first-order valence-corrected chi connectivity index (χ1v) is 6.95. The van der Waals surface area contributed by atoms with Gasteiger partial charge in [0.05, 0.1) is 10.2 Å². The van der Waals surface area contributed by atoms with Crippen molar-refractivity contribution in [1.29, 1.82) is 0 Å². The molecule has 0 unspecified atom stereocenters. The summed E-state index contributed by atoms with van der Waals surface area (Å²) in [7, 11) is 1.92. The van der Waals surface area contributed by atoms with Crippen molar-refractivity contribution in [3.8, 4) is 5.75 Å². The third-order valence-corrected chi connectivity index (χ3v) is 3.35. The van der Waals surface area contributed by atoms with Crippen LogP contribution in [0.25, 0.3) is 0 Å². The summed E-state index contributed by atoms with van der Waals surface area (Å²) in [6, 6.07) is 10.1. The molecule has 4 heteroatoms. The topological polar surface area (TPSA) is 34.1 Å². The lowest BCUT2D eigenvalue weighted by atomic mass is 10.2. The van der Waals surface area contributed by atoms with Crippen LogP contribution in [0.3, 0.4) is 0 Å². The molecule has 0 spiro atoms. The van der Waals surface area contributed by atoms with Crippen molar-refractivity contribution in [2.75, 3.05) is 7.05 Å². The highest BCUT2D eigenvalue weighted by atomic mass is 79.9. The number of hydrogen-bond acceptors (Lipinski definition) is 3. The van der Waals surface area contributed by atoms with Crippen molar-refractivity contribution in [3.63, 3.8) is 0 Å². The van der Waals surface area contributed by atoms with Crippen molar-refractivity contribution < 1.29 is 4.74 Å². The van der Waals surface area contributed by atoms with Gasteiger partial charge in [0.25, 0.3) is 0 Å². The second-order valence-electron chi connectivity index (χ2n) is 4.41. The lowest BCUT2D eigenvalue weighted by Crippen LogP contribution is -2.06. The molecular weight excluding hydrogens is 304 g/mol. The van der Waals surface area contributed by atoms with E-state index in [0.717, 1.165) is 22.5 Å². The third kappa shape index (κ3) is 4.04. The van der Waals surface area contributed by atoms with E-state index in [2.05, 4.69) is 39.2 Å². The van der Waals surface area contributed by atoms with Crippen LogP contribution in [-0.2, 0) is 13.2 Å². The summed E-state index contributed by atoms with van der Waals surface area (Å²) in [6.07, 6.45) is 1.87. The first-order valence-electron chi connectivity index (χ1n) is 6.16. The number of aryl methyl sites for hydroxylation is 1. The van der Waals surface area contributed by atoms with E-state index in [9.17, 15) is 0 Å². The smallest absolute Gasteiger partial charge is 0.134 e. The Hall–Kier alpha value is -1.39. The van der Waals surface area contributed by atoms with Gasteiger partial charge in [0, 0.05) is 12.7 Å². The van der Waals surface area contributed by atoms with Crippen molar-refractivity contribution in [2.24, 2.45) is 0 Å². The quantitative estimate of drug-likeness (QED) is 0.916. The summed E-state index contributed by atoms with van der Waals surface area (Å²) in [5.74, 6) is 0.840. The molecule has 2 aromatic rings. The highest BCUT2D eigenvalue weighted by Crippen LogP contribution is 2.26. The molecule has 1 aromatic heterocycles. The molecule has 19 heavy (non-hydrogen) atoms. The van der Waals surface area contributed by atoms with E-state index >= 15 is 0 Å². The number of nitrogens with zero attached hydrogens (tertiary/aromatic N) is 1. The lowest BCUT2D eigenvalue weighted by molar-refractivity contribution is 0.299. The molecule has 0 amide bonds. The fraction of sp³-hybridized carbons (Fsp3) is 0.267. The molecule has 0 fully saturated rings. The summed E-state index contributed by atoms with van der Waals surface area (Å²) < 4.78 is 6.72. The molecule has 1 N–H and O–H groups in total. The summed E-state index contributed by atoms with van der Waals surface area (Å²) in [6.45, 7) is 3.36. The van der Waals surface area contributed by atoms with Crippen LogP contribution in [0.1, 0.15) is 16.8 Å². The monoisotopic (exact) mass is 320 g/mol. The molecule has 0 atom stereocenters. The molecule has 0 radical (unpaired) electrons. The standard InChI is InChI=1S/C15H17BrN2O/c1-11-3-6-15(14(16)7-11)19-10-13-5-4-12(8-17-2)9-18-13/h3-7,9,17H,8,10H2,1-2H3. The maximum atomic E-state index is 5.75. The Morgan fingerprint density at radius 1 is 1.26 bits per heavy atom. The predicted molar refractivity (Wildman–Crippen MR) is 80.2 cm³/mol. The zero-order valence-electron chi connectivity index (χ0n) is 11.1. The largest absolute Gasteiger partial charge is 0.486 e. The average molecular weight is 321 g/mol. The highest BCUT2D eigenvalue weighted by Gasteiger charge is 2.02. The van der Waals surface area contributed by atoms with Crippen LogP contribution in [0.5, 0.6) is 5.75 Å². The molecule has 2 rings (SSSR count). The SMILES string of the molecule is CNCc1ccc(COc2ccc(C)cc2Br)nc1. The highest BCUT2D eigenvalue weighted by molar-refractivity contribution is 9.10. The number of hydrogen-bond donors (Lipinski definition) is 1. The maximum Gasteiger partial charge on any atom is 0.134 e. The molecule has 1 aromatic carbocycles. The van der Waals surface area contributed by atoms with Crippen LogP contribution in [-0.4, -0.2) is 12.0 Å². The van der Waals surface area contributed by atoms with Gasteiger partial charge in [0.15, 0.2) is 0 Å². The van der Waals surface area contributed by atoms with Gasteiger partial charge >= 0.3 is 0 Å². The second kappa shape index (κ2) is 6.68. The summed E-state index contributed by atoms with van der Waals surface area (Å²) >= 11 is 3.50. The summed E-state index contributed by atoms with van der Waals surface area (Å²) in [5, 5.41) is 3.10. The van der Waals surface area contributed by atoms with Gasteiger partial charge in [0.1, 0.15) is 12.4 Å². The van der Waals surface area contributed by atoms with E-state index in [4.69, 9.17) is 4.74 Å². The van der Waals surface area contributed by atoms with Gasteiger partial charge in [-0.3, -0.25) is 4.98 Å². The van der Waals surface area contributed by atoms with Crippen molar-refractivity contribution >= 4 is 15.9 Å². The molecule has 100 valence electrons. The first kappa shape index (κ1) is 14.0. The molecule has 1 heterocycles. The van der Waals surface area contributed by atoms with E-state index in [1.54, 1.807) is 0 Å². The Balaban J connectivity index is 1.98. The first-order chi connectivity index (χ1) is 9.19. The van der Waals surface area contributed by atoms with E-state index < -0.39 is 0 Å². The molecule has 0 bridgehead atoms. The lowest BCUT2D eigenvalue weighted by Gasteiger charge is -2.09. The minimum atomic E-state index is 0.474. The molecule has 0 aliphatic rings. The number of nitrogens with one attached hydrogen (secondary N) is 1. The molecule has 0 saturated heterocycles. The van der Waals surface area contributed by atoms with E-state index in [1.165, 1.54) is 11.1 Å². The van der Waals surface area contributed by atoms with Crippen molar-refractivity contribution in [3.05, 3.63) is 57.8 Å². The second-order valence-corrected chi connectivity index (χ2v) is 5.27. The van der Waals surface area contributed by atoms with E-state index in [-0.39, 0.29) is 0 Å². The number of aromatic nitrogens is 1. The molecule has 0 aliphatic heterocycles. The van der Waals surface area contributed by atoms with Crippen molar-refractivity contribution in [1.82, 2.24) is 10.3 Å². The Kier molecular flexibility index (Phi) is 4.93. The summed E-state index contributed by atoms with van der Waals surface area (Å²) in [5.41, 5.74) is 3.30. The van der Waals surface area contributed by atoms with Crippen LogP contribution in [0.4, 0.5) is 0 Å². The van der Waals surface area contributed by atoms with Crippen LogP contribution < -0.4 is 10.1 Å². The number of pyridine rings is 1. The number of benzene rings is 1. The van der Waals surface area contributed by atoms with Crippen LogP contribution in [0.2, 0.25) is 0 Å². The van der Waals surface area contributed by atoms with Gasteiger partial charge in [-0.05, 0) is 59.2 Å². The van der Waals surface area contributed by atoms with Crippen LogP contribution in [0, 0.1) is 6.92 Å². The van der Waals surface area contributed by atoms with Gasteiger partial charge < -0.3 is 10.1 Å². The van der Waals surface area contributed by atoms with Gasteiger partial charge in [-0.1, -0.05) is 12.1 Å². The number of halogens is 1. The fourth-order valence-electron chi connectivity index (χ4n) is 1.72. The average Bonchev–Trinajstić information content (AvgIpc) is 2.40. The van der Waals surface area contributed by atoms with E-state index in [1.807, 2.05) is 37.5 Å². The Morgan fingerprint density at radius 3 is 2.74 bits per heavy atom. The summed E-state index contributed by atoms with van der Waals surface area (Å²) in [4.78, 5) is 4.38. The number of ether oxygens (including phenoxy) is 1. The molecule has 3 nitrogen and oxygen atoms in total. The van der Waals surface area contributed by atoms with Gasteiger partial charge in [-0.2, -0.15) is 0 Å². The molecular formula is C15H17BrN2O. The number of rotatable bonds is 5. The Morgan fingerprint density at radius 2 is 2.11 bits per heavy atom. The predicted octanol–water partition coefficient (Wildman–Crippen LogP) is 3.45. The van der Waals surface area contributed by atoms with E-state index in [0.29, 0.717) is 6.61 Å². The maximum absolute atomic E-state index is 5.75. The van der Waals surface area contributed by atoms with Crippen LogP contribution in [0.15, 0.2) is 41.0 Å². The Bertz CT molecular complexity index is 540. The molecule has 0 aliphatic carbocycles. The van der Waals surface area contributed by atoms with Crippen molar-refractivity contribution in [2.45, 2.75) is 20.1 Å². The minimum Gasteiger partial charge on any atom is -0.486 e.